The Morgan fingerprint density at radius 2 is 1.93 bits per heavy atom. The molecule has 1 amide bonds. The van der Waals surface area contributed by atoms with Crippen LogP contribution < -0.4 is 14.9 Å². The number of rotatable bonds is 7. The summed E-state index contributed by atoms with van der Waals surface area (Å²) in [5.74, 6) is 1.08. The summed E-state index contributed by atoms with van der Waals surface area (Å²) >= 11 is 9.03. The smallest absolute Gasteiger partial charge is 0.307 e. The van der Waals surface area contributed by atoms with E-state index in [2.05, 4.69) is 65.0 Å². The Kier molecular flexibility index (Phi) is 7.58. The Bertz CT molecular complexity index is 1080. The fraction of sp³-hybridized carbons (Fsp3) is 0.200. The van der Waals surface area contributed by atoms with Crippen LogP contribution in [0.25, 0.3) is 11.0 Å². The number of nitrogens with zero attached hydrogens (tertiary/aromatic N) is 1. The largest absolute Gasteiger partial charge is 0.490 e. The van der Waals surface area contributed by atoms with E-state index in [1.54, 1.807) is 12.3 Å². The zero-order valence-corrected chi connectivity index (χ0v) is 20.9. The molecule has 0 atom stereocenters. The maximum Gasteiger partial charge on any atom is 0.307 e. The molecule has 1 heterocycles. The van der Waals surface area contributed by atoms with E-state index < -0.39 is 5.91 Å². The maximum atomic E-state index is 12.4. The van der Waals surface area contributed by atoms with E-state index in [9.17, 15) is 4.79 Å². The number of amides is 1. The Balaban J connectivity index is 1.77. The van der Waals surface area contributed by atoms with Crippen LogP contribution in [0.5, 0.6) is 11.5 Å². The van der Waals surface area contributed by atoms with Gasteiger partial charge in [-0.3, -0.25) is 4.79 Å². The van der Waals surface area contributed by atoms with Gasteiger partial charge in [-0.25, -0.2) is 5.43 Å². The number of carbonyl (C=O) groups is 1. The standard InChI is InChI=1S/C20H17Br2IN2O4/c1-3-27-16-6-11(5-15(23)19(16)28-4-2)10-24-25-20(26)17-8-12-7-13(21)9-14(22)18(12)29-17/h5-10H,3-4H2,1-2H3,(H,25,26)/b24-10-. The number of carbonyl (C=O) groups excluding carboxylic acids is 1. The average Bonchev–Trinajstić information content (AvgIpc) is 3.09. The molecule has 6 nitrogen and oxygen atoms in total. The molecule has 3 aromatic rings. The van der Waals surface area contributed by atoms with Gasteiger partial charge in [-0.05, 0) is 88.3 Å². The number of halogens is 3. The first-order chi connectivity index (χ1) is 13.9. The number of fused-ring (bicyclic) bond motifs is 1. The van der Waals surface area contributed by atoms with Crippen molar-refractivity contribution in [2.24, 2.45) is 5.10 Å². The second kappa shape index (κ2) is 9.94. The molecule has 0 spiro atoms. The summed E-state index contributed by atoms with van der Waals surface area (Å²) in [6, 6.07) is 9.13. The average molecular weight is 636 g/mol. The molecule has 0 bridgehead atoms. The van der Waals surface area contributed by atoms with E-state index in [-0.39, 0.29) is 5.76 Å². The predicted molar refractivity (Wildman–Crippen MR) is 128 cm³/mol. The minimum Gasteiger partial charge on any atom is -0.490 e. The van der Waals surface area contributed by atoms with Gasteiger partial charge in [0.1, 0.15) is 5.58 Å². The fourth-order valence-corrected chi connectivity index (χ4v) is 4.74. The monoisotopic (exact) mass is 634 g/mol. The summed E-state index contributed by atoms with van der Waals surface area (Å²) in [5, 5.41) is 4.85. The van der Waals surface area contributed by atoms with Crippen LogP contribution in [-0.4, -0.2) is 25.3 Å². The lowest BCUT2D eigenvalue weighted by Crippen LogP contribution is -2.16. The highest BCUT2D eigenvalue weighted by atomic mass is 127. The van der Waals surface area contributed by atoms with Crippen LogP contribution >= 0.6 is 54.5 Å². The van der Waals surface area contributed by atoms with Crippen LogP contribution in [0, 0.1) is 3.57 Å². The lowest BCUT2D eigenvalue weighted by Gasteiger charge is -2.13. The van der Waals surface area contributed by atoms with E-state index >= 15 is 0 Å². The van der Waals surface area contributed by atoms with E-state index in [1.165, 1.54) is 0 Å². The summed E-state index contributed by atoms with van der Waals surface area (Å²) in [7, 11) is 0. The van der Waals surface area contributed by atoms with Crippen molar-refractivity contribution in [1.82, 2.24) is 5.43 Å². The van der Waals surface area contributed by atoms with Crippen LogP contribution in [0.1, 0.15) is 30.0 Å². The molecule has 0 aliphatic carbocycles. The topological polar surface area (TPSA) is 73.1 Å². The number of ether oxygens (including phenoxy) is 2. The minimum absolute atomic E-state index is 0.173. The first kappa shape index (κ1) is 22.1. The molecular formula is C20H17Br2IN2O4. The maximum absolute atomic E-state index is 12.4. The van der Waals surface area contributed by atoms with Crippen LogP contribution in [0.4, 0.5) is 0 Å². The van der Waals surface area contributed by atoms with Gasteiger partial charge in [0, 0.05) is 9.86 Å². The Labute approximate surface area is 198 Å². The number of hydrogen-bond donors (Lipinski definition) is 1. The van der Waals surface area contributed by atoms with Crippen molar-refractivity contribution in [2.75, 3.05) is 13.2 Å². The van der Waals surface area contributed by atoms with E-state index in [0.717, 1.165) is 23.5 Å². The molecule has 0 aliphatic heterocycles. The molecule has 3 rings (SSSR count). The fourth-order valence-electron chi connectivity index (χ4n) is 2.62. The molecule has 0 unspecified atom stereocenters. The van der Waals surface area contributed by atoms with Crippen molar-refractivity contribution < 1.29 is 18.7 Å². The van der Waals surface area contributed by atoms with Gasteiger partial charge in [-0.15, -0.1) is 0 Å². The minimum atomic E-state index is -0.439. The summed E-state index contributed by atoms with van der Waals surface area (Å²) in [6.45, 7) is 4.90. The van der Waals surface area contributed by atoms with Gasteiger partial charge in [0.25, 0.3) is 0 Å². The van der Waals surface area contributed by atoms with Crippen LogP contribution in [0.15, 0.2) is 48.8 Å². The number of nitrogens with one attached hydrogen (secondary N) is 1. The molecule has 0 saturated carbocycles. The molecular weight excluding hydrogens is 619 g/mol. The van der Waals surface area contributed by atoms with Crippen molar-refractivity contribution in [2.45, 2.75) is 13.8 Å². The predicted octanol–water partition coefficient (Wildman–Crippen LogP) is 6.12. The van der Waals surface area contributed by atoms with Crippen molar-refractivity contribution in [1.29, 1.82) is 0 Å². The molecule has 1 aromatic heterocycles. The van der Waals surface area contributed by atoms with Crippen molar-refractivity contribution >= 4 is 77.5 Å². The Morgan fingerprint density at radius 1 is 1.17 bits per heavy atom. The summed E-state index contributed by atoms with van der Waals surface area (Å²) < 4.78 is 19.5. The highest BCUT2D eigenvalue weighted by Gasteiger charge is 2.15. The lowest BCUT2D eigenvalue weighted by molar-refractivity contribution is 0.0929. The van der Waals surface area contributed by atoms with Crippen molar-refractivity contribution in [3.63, 3.8) is 0 Å². The molecule has 0 aliphatic rings. The Hall–Kier alpha value is -1.59. The number of hydrogen-bond acceptors (Lipinski definition) is 5. The van der Waals surface area contributed by atoms with Gasteiger partial charge < -0.3 is 13.9 Å². The second-order valence-electron chi connectivity index (χ2n) is 5.81. The quantitative estimate of drug-likeness (QED) is 0.193. The zero-order valence-electron chi connectivity index (χ0n) is 15.6. The third-order valence-electron chi connectivity index (χ3n) is 3.76. The summed E-state index contributed by atoms with van der Waals surface area (Å²) in [5.41, 5.74) is 3.87. The molecule has 0 radical (unpaired) electrons. The van der Waals surface area contributed by atoms with Gasteiger partial charge >= 0.3 is 5.91 Å². The van der Waals surface area contributed by atoms with Crippen LogP contribution in [0.2, 0.25) is 0 Å². The highest BCUT2D eigenvalue weighted by Crippen LogP contribution is 2.34. The molecule has 152 valence electrons. The van der Waals surface area contributed by atoms with Gasteiger partial charge in [0.15, 0.2) is 17.3 Å². The second-order valence-corrected chi connectivity index (χ2v) is 8.74. The molecule has 1 N–H and O–H groups in total. The zero-order chi connectivity index (χ0) is 21.0. The van der Waals surface area contributed by atoms with Crippen molar-refractivity contribution in [3.8, 4) is 11.5 Å². The van der Waals surface area contributed by atoms with Gasteiger partial charge in [-0.2, -0.15) is 5.10 Å². The summed E-state index contributed by atoms with van der Waals surface area (Å²) in [6.07, 6.45) is 1.55. The van der Waals surface area contributed by atoms with Crippen molar-refractivity contribution in [3.05, 3.63) is 54.2 Å². The molecule has 9 heteroatoms. The lowest BCUT2D eigenvalue weighted by atomic mass is 10.2. The normalized spacial score (nSPS) is 11.2. The Morgan fingerprint density at radius 3 is 2.66 bits per heavy atom. The van der Waals surface area contributed by atoms with Crippen LogP contribution in [-0.2, 0) is 0 Å². The number of furan rings is 1. The SMILES string of the molecule is CCOc1cc(/C=N\NC(=O)c2cc3cc(Br)cc(Br)c3o2)cc(I)c1OCC. The molecule has 0 fully saturated rings. The van der Waals surface area contributed by atoms with E-state index in [4.69, 9.17) is 13.9 Å². The third-order valence-corrected chi connectivity index (χ3v) is 5.61. The molecule has 2 aromatic carbocycles. The molecule has 29 heavy (non-hydrogen) atoms. The highest BCUT2D eigenvalue weighted by molar-refractivity contribution is 14.1. The van der Waals surface area contributed by atoms with Gasteiger partial charge in [0.05, 0.1) is 27.5 Å². The van der Waals surface area contributed by atoms with E-state index in [1.807, 2.05) is 38.1 Å². The van der Waals surface area contributed by atoms with Gasteiger partial charge in [0.2, 0.25) is 0 Å². The third kappa shape index (κ3) is 5.32. The number of benzene rings is 2. The van der Waals surface area contributed by atoms with Gasteiger partial charge in [-0.1, -0.05) is 15.9 Å². The van der Waals surface area contributed by atoms with E-state index in [0.29, 0.717) is 30.3 Å². The van der Waals surface area contributed by atoms with Crippen LogP contribution in [0.3, 0.4) is 0 Å². The number of hydrazone groups is 1. The first-order valence-electron chi connectivity index (χ1n) is 8.74. The summed E-state index contributed by atoms with van der Waals surface area (Å²) in [4.78, 5) is 12.4. The molecule has 0 saturated heterocycles. The first-order valence-corrected chi connectivity index (χ1v) is 11.4.